The maximum absolute atomic E-state index is 11.5. The maximum atomic E-state index is 11.5. The minimum Gasteiger partial charge on any atom is -0.363 e. The summed E-state index contributed by atoms with van der Waals surface area (Å²) in [4.78, 5) is 11.5. The Morgan fingerprint density at radius 2 is 2.56 bits per heavy atom. The lowest BCUT2D eigenvalue weighted by Crippen LogP contribution is -2.34. The number of anilines is 1. The van der Waals surface area contributed by atoms with Gasteiger partial charge in [0.2, 0.25) is 5.91 Å². The zero-order valence-corrected chi connectivity index (χ0v) is 9.24. The van der Waals surface area contributed by atoms with E-state index in [9.17, 15) is 4.79 Å². The summed E-state index contributed by atoms with van der Waals surface area (Å²) in [5, 5.41) is 9.74. The SMILES string of the molecule is O=C(CCC1CCCCN1)Nc1ccon1. The lowest BCUT2D eigenvalue weighted by molar-refractivity contribution is -0.116. The molecule has 0 aliphatic carbocycles. The molecule has 0 saturated carbocycles. The predicted molar refractivity (Wildman–Crippen MR) is 60.0 cm³/mol. The zero-order chi connectivity index (χ0) is 11.2. The maximum Gasteiger partial charge on any atom is 0.225 e. The Morgan fingerprint density at radius 3 is 3.25 bits per heavy atom. The fourth-order valence-corrected chi connectivity index (χ4v) is 1.96. The molecule has 88 valence electrons. The fourth-order valence-electron chi connectivity index (χ4n) is 1.96. The fraction of sp³-hybridized carbons (Fsp3) is 0.636. The molecule has 1 aliphatic heterocycles. The van der Waals surface area contributed by atoms with Gasteiger partial charge in [0.05, 0.1) is 0 Å². The number of hydrogen-bond donors (Lipinski definition) is 2. The highest BCUT2D eigenvalue weighted by Crippen LogP contribution is 2.12. The predicted octanol–water partition coefficient (Wildman–Crippen LogP) is 1.54. The van der Waals surface area contributed by atoms with Gasteiger partial charge in [0, 0.05) is 18.5 Å². The highest BCUT2D eigenvalue weighted by atomic mass is 16.5. The molecule has 0 aromatic carbocycles. The van der Waals surface area contributed by atoms with E-state index in [0.29, 0.717) is 18.3 Å². The number of piperidine rings is 1. The van der Waals surface area contributed by atoms with Gasteiger partial charge in [-0.3, -0.25) is 4.79 Å². The molecule has 0 bridgehead atoms. The molecule has 1 amide bonds. The van der Waals surface area contributed by atoms with E-state index in [-0.39, 0.29) is 5.91 Å². The Morgan fingerprint density at radius 1 is 1.62 bits per heavy atom. The Labute approximate surface area is 94.6 Å². The van der Waals surface area contributed by atoms with Crippen LogP contribution in [0, 0.1) is 0 Å². The number of rotatable bonds is 4. The van der Waals surface area contributed by atoms with E-state index in [0.717, 1.165) is 13.0 Å². The molecule has 1 unspecified atom stereocenters. The van der Waals surface area contributed by atoms with Crippen LogP contribution in [0.5, 0.6) is 0 Å². The monoisotopic (exact) mass is 223 g/mol. The number of aromatic nitrogens is 1. The third-order valence-electron chi connectivity index (χ3n) is 2.84. The molecule has 0 radical (unpaired) electrons. The van der Waals surface area contributed by atoms with Crippen molar-refractivity contribution in [1.29, 1.82) is 0 Å². The summed E-state index contributed by atoms with van der Waals surface area (Å²) in [6, 6.07) is 2.13. The second-order valence-electron chi connectivity index (χ2n) is 4.12. The molecule has 1 atom stereocenters. The molecular weight excluding hydrogens is 206 g/mol. The van der Waals surface area contributed by atoms with E-state index < -0.39 is 0 Å². The van der Waals surface area contributed by atoms with Gasteiger partial charge in [0.15, 0.2) is 5.82 Å². The highest BCUT2D eigenvalue weighted by molar-refractivity contribution is 5.89. The van der Waals surface area contributed by atoms with Crippen molar-refractivity contribution in [3.05, 3.63) is 12.3 Å². The van der Waals surface area contributed by atoms with Crippen LogP contribution in [0.25, 0.3) is 0 Å². The molecule has 1 aromatic heterocycles. The smallest absolute Gasteiger partial charge is 0.225 e. The van der Waals surface area contributed by atoms with Crippen molar-refractivity contribution >= 4 is 11.7 Å². The van der Waals surface area contributed by atoms with Gasteiger partial charge in [0.1, 0.15) is 6.26 Å². The largest absolute Gasteiger partial charge is 0.363 e. The topological polar surface area (TPSA) is 67.2 Å². The first kappa shape index (κ1) is 11.1. The summed E-state index contributed by atoms with van der Waals surface area (Å²) in [7, 11) is 0. The third-order valence-corrected chi connectivity index (χ3v) is 2.84. The van der Waals surface area contributed by atoms with Crippen LogP contribution in [0.4, 0.5) is 5.82 Å². The number of nitrogens with one attached hydrogen (secondary N) is 2. The Hall–Kier alpha value is -1.36. The second-order valence-corrected chi connectivity index (χ2v) is 4.12. The Kier molecular flexibility index (Phi) is 3.93. The normalized spacial score (nSPS) is 20.6. The minimum atomic E-state index is 0.00118. The molecular formula is C11H17N3O2. The van der Waals surface area contributed by atoms with Crippen molar-refractivity contribution in [2.75, 3.05) is 11.9 Å². The number of amides is 1. The molecule has 2 rings (SSSR count). The van der Waals surface area contributed by atoms with E-state index in [4.69, 9.17) is 0 Å². The quantitative estimate of drug-likeness (QED) is 0.812. The van der Waals surface area contributed by atoms with Crippen LogP contribution in [-0.2, 0) is 4.79 Å². The van der Waals surface area contributed by atoms with Crippen LogP contribution in [0.2, 0.25) is 0 Å². The molecule has 16 heavy (non-hydrogen) atoms. The van der Waals surface area contributed by atoms with Crippen LogP contribution in [0.3, 0.4) is 0 Å². The zero-order valence-electron chi connectivity index (χ0n) is 9.24. The average molecular weight is 223 g/mol. The third kappa shape index (κ3) is 3.34. The van der Waals surface area contributed by atoms with E-state index in [2.05, 4.69) is 20.3 Å². The first-order valence-corrected chi connectivity index (χ1v) is 5.78. The summed E-state index contributed by atoms with van der Waals surface area (Å²) >= 11 is 0. The van der Waals surface area contributed by atoms with Crippen molar-refractivity contribution in [2.24, 2.45) is 0 Å². The van der Waals surface area contributed by atoms with Crippen LogP contribution in [-0.4, -0.2) is 23.7 Å². The van der Waals surface area contributed by atoms with Gasteiger partial charge < -0.3 is 15.2 Å². The molecule has 1 fully saturated rings. The molecule has 0 spiro atoms. The van der Waals surface area contributed by atoms with Crippen LogP contribution >= 0.6 is 0 Å². The van der Waals surface area contributed by atoms with Gasteiger partial charge in [-0.2, -0.15) is 0 Å². The van der Waals surface area contributed by atoms with Gasteiger partial charge in [-0.25, -0.2) is 0 Å². The number of nitrogens with zero attached hydrogens (tertiary/aromatic N) is 1. The van der Waals surface area contributed by atoms with Crippen molar-refractivity contribution in [3.8, 4) is 0 Å². The summed E-state index contributed by atoms with van der Waals surface area (Å²) < 4.78 is 4.63. The molecule has 1 aromatic rings. The van der Waals surface area contributed by atoms with Gasteiger partial charge in [-0.15, -0.1) is 0 Å². The summed E-state index contributed by atoms with van der Waals surface area (Å²) in [6.07, 6.45) is 6.56. The Balaban J connectivity index is 1.67. The lowest BCUT2D eigenvalue weighted by Gasteiger charge is -2.22. The average Bonchev–Trinajstić information content (AvgIpc) is 2.81. The molecule has 1 saturated heterocycles. The summed E-state index contributed by atoms with van der Waals surface area (Å²) in [5.74, 6) is 0.489. The van der Waals surface area contributed by atoms with Gasteiger partial charge in [-0.05, 0) is 25.8 Å². The number of carbonyl (C=O) groups excluding carboxylic acids is 1. The number of carbonyl (C=O) groups is 1. The second kappa shape index (κ2) is 5.65. The lowest BCUT2D eigenvalue weighted by atomic mass is 10.0. The van der Waals surface area contributed by atoms with Crippen molar-refractivity contribution < 1.29 is 9.32 Å². The van der Waals surface area contributed by atoms with Crippen LogP contribution in [0.15, 0.2) is 16.9 Å². The van der Waals surface area contributed by atoms with Crippen LogP contribution < -0.4 is 10.6 Å². The van der Waals surface area contributed by atoms with Crippen molar-refractivity contribution in [1.82, 2.24) is 10.5 Å². The van der Waals surface area contributed by atoms with Crippen molar-refractivity contribution in [2.45, 2.75) is 38.1 Å². The first-order valence-electron chi connectivity index (χ1n) is 5.78. The van der Waals surface area contributed by atoms with Gasteiger partial charge in [0.25, 0.3) is 0 Å². The van der Waals surface area contributed by atoms with E-state index in [1.807, 2.05) is 0 Å². The molecule has 1 aliphatic rings. The number of hydrogen-bond acceptors (Lipinski definition) is 4. The van der Waals surface area contributed by atoms with Crippen molar-refractivity contribution in [3.63, 3.8) is 0 Å². The highest BCUT2D eigenvalue weighted by Gasteiger charge is 2.14. The van der Waals surface area contributed by atoms with Gasteiger partial charge in [-0.1, -0.05) is 11.6 Å². The molecule has 5 nitrogen and oxygen atoms in total. The van der Waals surface area contributed by atoms with Gasteiger partial charge >= 0.3 is 0 Å². The standard InChI is InChI=1S/C11H17N3O2/c15-11(13-10-6-8-16-14-10)5-4-9-3-1-2-7-12-9/h6,8-9,12H,1-5,7H2,(H,13,14,15). The minimum absolute atomic E-state index is 0.00118. The van der Waals surface area contributed by atoms with E-state index in [1.54, 1.807) is 6.07 Å². The molecule has 2 N–H and O–H groups in total. The Bertz CT molecular complexity index is 318. The summed E-state index contributed by atoms with van der Waals surface area (Å²) in [6.45, 7) is 1.08. The van der Waals surface area contributed by atoms with E-state index >= 15 is 0 Å². The molecule has 2 heterocycles. The summed E-state index contributed by atoms with van der Waals surface area (Å²) in [5.41, 5.74) is 0. The van der Waals surface area contributed by atoms with Crippen LogP contribution in [0.1, 0.15) is 32.1 Å². The molecule has 5 heteroatoms. The first-order chi connectivity index (χ1) is 7.84. The van der Waals surface area contributed by atoms with E-state index in [1.165, 1.54) is 25.5 Å².